The van der Waals surface area contributed by atoms with Gasteiger partial charge in [-0.05, 0) is 0 Å². The van der Waals surface area contributed by atoms with Gasteiger partial charge in [0.2, 0.25) is 0 Å². The van der Waals surface area contributed by atoms with Crippen molar-refractivity contribution in [3.63, 3.8) is 0 Å². The fourth-order valence-corrected chi connectivity index (χ4v) is 0. The summed E-state index contributed by atoms with van der Waals surface area (Å²) in [6.07, 6.45) is 0. The first kappa shape index (κ1) is 141. The summed E-state index contributed by atoms with van der Waals surface area (Å²) in [4.78, 5) is 249. The third-order valence-electron chi connectivity index (χ3n) is 1.15. The smallest absolute Gasteiger partial charge is 0.818 e. The van der Waals surface area contributed by atoms with E-state index in [2.05, 4.69) is 74.8 Å². The predicted octanol–water partition coefficient (Wildman–Crippen LogP) is -8.80. The van der Waals surface area contributed by atoms with Crippen LogP contribution in [0.25, 0.3) is 0 Å². The molecule has 0 amide bonds. The maximum atomic E-state index is 8.93. The fourth-order valence-electron chi connectivity index (χ4n) is 0. The second-order valence-corrected chi connectivity index (χ2v) is 15.8. The molecule has 0 fully saturated rings. The van der Waals surface area contributed by atoms with E-state index < -0.39 is 138 Å². The average Bonchev–Trinajstić information content (AvgIpc) is 3.40. The zero-order valence-corrected chi connectivity index (χ0v) is 60.3. The molecular formula is H42O64P16Zn3. The molecule has 0 bridgehead atoms. The summed E-state index contributed by atoms with van der Waals surface area (Å²) in [5.74, 6) is 0. The monoisotopic (exact) mass is 1750 g/mol. The van der Waals surface area contributed by atoms with Crippen LogP contribution in [0.5, 0.6) is 0 Å². The van der Waals surface area contributed by atoms with E-state index in [9.17, 15) is 0 Å². The molecule has 83 heavy (non-hydrogen) atoms. The number of rotatable bonds is 16. The van der Waals surface area contributed by atoms with Crippen molar-refractivity contribution >= 4 is 138 Å². The van der Waals surface area contributed by atoms with Crippen molar-refractivity contribution in [3.05, 3.63) is 0 Å². The van der Waals surface area contributed by atoms with Crippen LogP contribution < -0.4 is 29.4 Å². The van der Waals surface area contributed by atoms with E-state index in [0.717, 1.165) is 0 Å². The van der Waals surface area contributed by atoms with Crippen molar-refractivity contribution in [2.75, 3.05) is 0 Å². The SMILES string of the molecule is OOP(O)O.OOP(O)O.OOP(O)O.OOP(O)O.OOP(O)O.OOP(O)O.OOP(O)O.OOP(O)O.OOP(O)O.OOP(O)O.OOP(O)O.OOP(O)O.OOP(O)O.[O-]P([O-])OO.[O-]P([O-])OO.[O-]P([O-])OO.[Zn+2].[Zn+2].[Zn+2]. The maximum absolute atomic E-state index is 8.93. The minimum atomic E-state index is -3.04. The second kappa shape index (κ2) is 136. The largest absolute Gasteiger partial charge is 2.00 e. The molecule has 0 aliphatic carbocycles. The van der Waals surface area contributed by atoms with E-state index in [1.54, 1.807) is 0 Å². The molecule has 0 atom stereocenters. The Hall–Kier alpha value is 6.19. The van der Waals surface area contributed by atoms with Crippen LogP contribution in [-0.4, -0.2) is 211 Å². The Bertz CT molecular complexity index is 556. The van der Waals surface area contributed by atoms with E-state index in [4.69, 9.17) is 241 Å². The Balaban J connectivity index is -0.0000000309. The van der Waals surface area contributed by atoms with E-state index in [-0.39, 0.29) is 58.4 Å². The maximum Gasteiger partial charge on any atom is 2.00 e. The van der Waals surface area contributed by atoms with Gasteiger partial charge in [0, 0.05) is 0 Å². The van der Waals surface area contributed by atoms with Gasteiger partial charge in [-0.2, -0.15) is 60.8 Å². The van der Waals surface area contributed by atoms with Crippen LogP contribution >= 0.6 is 138 Å². The van der Waals surface area contributed by atoms with Gasteiger partial charge in [0.15, 0.2) is 0 Å². The molecule has 0 aromatic carbocycles. The summed E-state index contributed by atoms with van der Waals surface area (Å²) in [5.41, 5.74) is 0. The molecule has 0 aromatic heterocycles. The molecule has 0 aromatic rings. The zero-order chi connectivity index (χ0) is 68.6. The first-order valence-corrected chi connectivity index (χ1v) is 30.6. The first-order chi connectivity index (χ1) is 36.3. The van der Waals surface area contributed by atoms with Crippen LogP contribution in [0.4, 0.5) is 0 Å². The Morgan fingerprint density at radius 1 is 0.133 bits per heavy atom. The molecule has 64 nitrogen and oxygen atoms in total. The van der Waals surface area contributed by atoms with Crippen LogP contribution in [0.15, 0.2) is 0 Å². The molecule has 0 heterocycles. The van der Waals surface area contributed by atoms with E-state index in [0.29, 0.717) is 0 Å². The van der Waals surface area contributed by atoms with Gasteiger partial charge in [-0.1, -0.05) is 0 Å². The Morgan fingerprint density at radius 3 is 0.157 bits per heavy atom. The Kier molecular flexibility index (Phi) is 231. The molecule has 0 saturated heterocycles. The van der Waals surface area contributed by atoms with Gasteiger partial charge < -0.3 is 157 Å². The molecular weight excluding hydrogens is 1720 g/mol. The summed E-state index contributed by atoms with van der Waals surface area (Å²) in [6, 6.07) is 0. The third kappa shape index (κ3) is 449. The van der Waals surface area contributed by atoms with Crippen molar-refractivity contribution in [1.82, 2.24) is 0 Å². The Morgan fingerprint density at radius 2 is 0.157 bits per heavy atom. The van der Waals surface area contributed by atoms with Gasteiger partial charge >= 0.3 is 170 Å². The quantitative estimate of drug-likeness (QED) is 0.0295. The van der Waals surface area contributed by atoms with Crippen molar-refractivity contribution in [2.24, 2.45) is 0 Å². The molecule has 0 unspecified atom stereocenters. The topological polar surface area (TPSA) is 1140 Å². The standard InChI is InChI=1S/13H3O4P.3HO4P.3Zn/c16*1-4-5(2)3;;;/h13*1-3H;3*1H;;;/q;;;;;;;;;;;;;3*-2;3*+2. The molecule has 0 radical (unpaired) electrons. The van der Waals surface area contributed by atoms with Crippen LogP contribution in [0.2, 0.25) is 0 Å². The molecule has 83 heteroatoms. The van der Waals surface area contributed by atoms with Crippen molar-refractivity contribution in [3.8, 4) is 0 Å². The second-order valence-electron chi connectivity index (χ2n) is 5.26. The first-order valence-electron chi connectivity index (χ1n) is 12.1. The summed E-state index contributed by atoms with van der Waals surface area (Å²) in [5, 5.41) is 114. The summed E-state index contributed by atoms with van der Waals surface area (Å²) in [6.45, 7) is 0. The van der Waals surface area contributed by atoms with E-state index in [1.807, 2.05) is 0 Å². The van der Waals surface area contributed by atoms with Crippen LogP contribution in [0.1, 0.15) is 0 Å². The predicted molar refractivity (Wildman–Crippen MR) is 228 cm³/mol. The summed E-state index contributed by atoms with van der Waals surface area (Å²) >= 11 is 0. The molecule has 512 valence electrons. The van der Waals surface area contributed by atoms with Gasteiger partial charge in [0.1, 0.15) is 0 Å². The summed E-state index contributed by atoms with van der Waals surface area (Å²) in [7, 11) is -42.2. The molecule has 0 saturated carbocycles. The van der Waals surface area contributed by atoms with Crippen LogP contribution in [-0.2, 0) is 133 Å². The zero-order valence-electron chi connectivity index (χ0n) is 37.0. The molecule has 0 rings (SSSR count). The van der Waals surface area contributed by atoms with Gasteiger partial charge in [-0.3, -0.25) is 29.8 Å². The molecule has 0 aliphatic heterocycles. The number of hydrogen-bond acceptors (Lipinski definition) is 64. The average molecular weight is 1760 g/mol. The van der Waals surface area contributed by atoms with E-state index in [1.165, 1.54) is 0 Å². The minimum absolute atomic E-state index is 0. The van der Waals surface area contributed by atoms with Crippen molar-refractivity contribution < 1.29 is 374 Å². The van der Waals surface area contributed by atoms with Gasteiger partial charge in [0.25, 0.3) is 0 Å². The minimum Gasteiger partial charge on any atom is -0.818 e. The molecule has 42 N–H and O–H groups in total. The van der Waals surface area contributed by atoms with E-state index >= 15 is 0 Å². The number of hydrogen-bond donors (Lipinski definition) is 42. The Labute approximate surface area is 509 Å². The van der Waals surface area contributed by atoms with Crippen molar-refractivity contribution in [1.29, 1.82) is 0 Å². The van der Waals surface area contributed by atoms with Gasteiger partial charge in [-0.25, -0.2) is 68.3 Å². The molecule has 0 aliphatic rings. The van der Waals surface area contributed by atoms with Gasteiger partial charge in [-0.15, -0.1) is 25.8 Å². The third-order valence-corrected chi connectivity index (χ3v) is 3.45. The van der Waals surface area contributed by atoms with Crippen LogP contribution in [0.3, 0.4) is 0 Å². The normalized spacial score (nSPS) is 9.25. The van der Waals surface area contributed by atoms with Crippen molar-refractivity contribution in [2.45, 2.75) is 0 Å². The summed E-state index contributed by atoms with van der Waals surface area (Å²) < 4.78 is 46.1. The molecule has 0 spiro atoms. The van der Waals surface area contributed by atoms with Crippen LogP contribution in [0, 0.1) is 0 Å². The van der Waals surface area contributed by atoms with Gasteiger partial charge in [0.05, 0.1) is 0 Å². The fraction of sp³-hybridized carbons (Fsp3) is 0.